The Morgan fingerprint density at radius 3 is 2.35 bits per heavy atom. The van der Waals surface area contributed by atoms with Crippen molar-refractivity contribution in [1.82, 2.24) is 0 Å². The minimum Gasteiger partial charge on any atom is -0.372 e. The molecular weight excluding hydrogens is 276 g/mol. The van der Waals surface area contributed by atoms with E-state index in [9.17, 15) is 0 Å². The van der Waals surface area contributed by atoms with Crippen molar-refractivity contribution in [2.24, 2.45) is 0 Å². The summed E-state index contributed by atoms with van der Waals surface area (Å²) in [6, 6.07) is 16.5. The Morgan fingerprint density at radius 1 is 0.941 bits per heavy atom. The average molecular weight is 291 g/mol. The zero-order valence-electron chi connectivity index (χ0n) is 9.82. The molecule has 0 saturated carbocycles. The molecule has 0 fully saturated rings. The highest BCUT2D eigenvalue weighted by Gasteiger charge is 1.98. The van der Waals surface area contributed by atoms with Crippen molar-refractivity contribution < 1.29 is 4.74 Å². The van der Waals surface area contributed by atoms with Gasteiger partial charge in [0.1, 0.15) is 0 Å². The number of aryl methyl sites for hydroxylation is 1. The molecule has 1 nitrogen and oxygen atoms in total. The van der Waals surface area contributed by atoms with Crippen LogP contribution in [0.5, 0.6) is 0 Å². The Kier molecular flexibility index (Phi) is 4.35. The van der Waals surface area contributed by atoms with E-state index >= 15 is 0 Å². The van der Waals surface area contributed by atoms with E-state index in [4.69, 9.17) is 4.74 Å². The van der Waals surface area contributed by atoms with Gasteiger partial charge in [-0.25, -0.2) is 0 Å². The third-order valence-corrected chi connectivity index (χ3v) is 3.47. The number of rotatable bonds is 4. The monoisotopic (exact) mass is 290 g/mol. The van der Waals surface area contributed by atoms with Crippen LogP contribution in [-0.2, 0) is 18.0 Å². The first-order chi connectivity index (χ1) is 8.25. The number of ether oxygens (including phenoxy) is 1. The fraction of sp³-hybridized carbons (Fsp3) is 0.200. The lowest BCUT2D eigenvalue weighted by atomic mass is 10.2. The molecule has 0 heterocycles. The van der Waals surface area contributed by atoms with Crippen LogP contribution in [0, 0.1) is 6.92 Å². The van der Waals surface area contributed by atoms with Crippen LogP contribution in [0.1, 0.15) is 16.7 Å². The van der Waals surface area contributed by atoms with E-state index in [1.807, 2.05) is 18.2 Å². The molecule has 0 bridgehead atoms. The maximum atomic E-state index is 5.68. The maximum absolute atomic E-state index is 5.68. The zero-order chi connectivity index (χ0) is 12.1. The largest absolute Gasteiger partial charge is 0.372 e. The second-order valence-corrected chi connectivity index (χ2v) is 4.92. The summed E-state index contributed by atoms with van der Waals surface area (Å²) in [6.45, 7) is 3.39. The van der Waals surface area contributed by atoms with Crippen LogP contribution < -0.4 is 0 Å². The van der Waals surface area contributed by atoms with Gasteiger partial charge in [-0.1, -0.05) is 58.4 Å². The Balaban J connectivity index is 1.88. The summed E-state index contributed by atoms with van der Waals surface area (Å²) in [5, 5.41) is 0. The van der Waals surface area contributed by atoms with Gasteiger partial charge in [-0.3, -0.25) is 0 Å². The summed E-state index contributed by atoms with van der Waals surface area (Å²) in [4.78, 5) is 0. The highest BCUT2D eigenvalue weighted by molar-refractivity contribution is 9.10. The van der Waals surface area contributed by atoms with Crippen LogP contribution in [-0.4, -0.2) is 0 Å². The Morgan fingerprint density at radius 2 is 1.65 bits per heavy atom. The van der Waals surface area contributed by atoms with Crippen molar-refractivity contribution in [3.8, 4) is 0 Å². The first-order valence-corrected chi connectivity index (χ1v) is 6.42. The number of hydrogen-bond donors (Lipinski definition) is 0. The van der Waals surface area contributed by atoms with Crippen molar-refractivity contribution in [3.63, 3.8) is 0 Å². The van der Waals surface area contributed by atoms with Crippen molar-refractivity contribution in [3.05, 3.63) is 69.7 Å². The Labute approximate surface area is 111 Å². The van der Waals surface area contributed by atoms with Gasteiger partial charge < -0.3 is 4.74 Å². The van der Waals surface area contributed by atoms with Crippen LogP contribution in [0.15, 0.2) is 53.0 Å². The van der Waals surface area contributed by atoms with Gasteiger partial charge in [0.2, 0.25) is 0 Å². The van der Waals surface area contributed by atoms with Crippen molar-refractivity contribution in [2.45, 2.75) is 20.1 Å². The molecule has 0 unspecified atom stereocenters. The number of halogens is 1. The molecule has 0 aliphatic heterocycles. The van der Waals surface area contributed by atoms with Gasteiger partial charge in [0.25, 0.3) is 0 Å². The molecule has 0 N–H and O–H groups in total. The number of hydrogen-bond acceptors (Lipinski definition) is 1. The third kappa shape index (κ3) is 3.69. The van der Waals surface area contributed by atoms with Gasteiger partial charge in [-0.05, 0) is 29.7 Å². The Bertz CT molecular complexity index is 480. The maximum Gasteiger partial charge on any atom is 0.0721 e. The van der Waals surface area contributed by atoms with Gasteiger partial charge in [-0.15, -0.1) is 0 Å². The van der Waals surface area contributed by atoms with E-state index in [1.165, 1.54) is 16.7 Å². The lowest BCUT2D eigenvalue weighted by molar-refractivity contribution is 0.107. The SMILES string of the molecule is Cc1ccc(COCc2ccccc2)cc1Br. The molecule has 2 aromatic rings. The molecule has 0 aliphatic carbocycles. The zero-order valence-corrected chi connectivity index (χ0v) is 11.4. The van der Waals surface area contributed by atoms with Crippen LogP contribution >= 0.6 is 15.9 Å². The van der Waals surface area contributed by atoms with E-state index in [1.54, 1.807) is 0 Å². The normalized spacial score (nSPS) is 10.5. The average Bonchev–Trinajstić information content (AvgIpc) is 2.35. The highest BCUT2D eigenvalue weighted by atomic mass is 79.9. The minimum atomic E-state index is 0.647. The molecule has 0 saturated heterocycles. The van der Waals surface area contributed by atoms with Gasteiger partial charge in [-0.2, -0.15) is 0 Å². The molecule has 0 amide bonds. The van der Waals surface area contributed by atoms with Crippen LogP contribution in [0.4, 0.5) is 0 Å². The molecule has 2 heteroatoms. The highest BCUT2D eigenvalue weighted by Crippen LogP contribution is 2.18. The van der Waals surface area contributed by atoms with Crippen LogP contribution in [0.25, 0.3) is 0 Å². The van der Waals surface area contributed by atoms with E-state index < -0.39 is 0 Å². The molecule has 0 spiro atoms. The van der Waals surface area contributed by atoms with Crippen molar-refractivity contribution in [2.75, 3.05) is 0 Å². The van der Waals surface area contributed by atoms with Gasteiger partial charge in [0.05, 0.1) is 13.2 Å². The molecule has 2 aromatic carbocycles. The van der Waals surface area contributed by atoms with Crippen molar-refractivity contribution >= 4 is 15.9 Å². The fourth-order valence-corrected chi connectivity index (χ4v) is 2.01. The van der Waals surface area contributed by atoms with E-state index in [0.717, 1.165) is 4.47 Å². The first kappa shape index (κ1) is 12.3. The summed E-state index contributed by atoms with van der Waals surface area (Å²) in [5.74, 6) is 0. The van der Waals surface area contributed by atoms with Crippen molar-refractivity contribution in [1.29, 1.82) is 0 Å². The second kappa shape index (κ2) is 5.99. The summed E-state index contributed by atoms with van der Waals surface area (Å²) in [6.07, 6.45) is 0. The van der Waals surface area contributed by atoms with Gasteiger partial charge in [0.15, 0.2) is 0 Å². The molecule has 17 heavy (non-hydrogen) atoms. The standard InChI is InChI=1S/C15H15BrO/c1-12-7-8-14(9-15(12)16)11-17-10-13-5-3-2-4-6-13/h2-9H,10-11H2,1H3. The third-order valence-electron chi connectivity index (χ3n) is 2.62. The summed E-state index contributed by atoms with van der Waals surface area (Å²) < 4.78 is 6.82. The lowest BCUT2D eigenvalue weighted by Crippen LogP contribution is -1.94. The summed E-state index contributed by atoms with van der Waals surface area (Å²) in [7, 11) is 0. The second-order valence-electron chi connectivity index (χ2n) is 4.06. The summed E-state index contributed by atoms with van der Waals surface area (Å²) in [5.41, 5.74) is 3.65. The molecule has 0 aromatic heterocycles. The smallest absolute Gasteiger partial charge is 0.0721 e. The van der Waals surface area contributed by atoms with E-state index in [2.05, 4.69) is 53.2 Å². The van der Waals surface area contributed by atoms with Gasteiger partial charge in [0, 0.05) is 4.47 Å². The first-order valence-electron chi connectivity index (χ1n) is 5.62. The predicted molar refractivity (Wildman–Crippen MR) is 73.8 cm³/mol. The molecule has 0 atom stereocenters. The fourth-order valence-electron chi connectivity index (χ4n) is 1.59. The molecule has 0 radical (unpaired) electrons. The van der Waals surface area contributed by atoms with Gasteiger partial charge >= 0.3 is 0 Å². The van der Waals surface area contributed by atoms with E-state index in [0.29, 0.717) is 13.2 Å². The Hall–Kier alpha value is -1.12. The van der Waals surface area contributed by atoms with Crippen LogP contribution in [0.2, 0.25) is 0 Å². The molecule has 88 valence electrons. The molecular formula is C15H15BrO. The quantitative estimate of drug-likeness (QED) is 0.807. The van der Waals surface area contributed by atoms with E-state index in [-0.39, 0.29) is 0 Å². The predicted octanol–water partition coefficient (Wildman–Crippen LogP) is 4.47. The molecule has 2 rings (SSSR count). The lowest BCUT2D eigenvalue weighted by Gasteiger charge is -2.06. The van der Waals surface area contributed by atoms with Crippen LogP contribution in [0.3, 0.4) is 0 Å². The molecule has 0 aliphatic rings. The minimum absolute atomic E-state index is 0.647. The number of benzene rings is 2. The summed E-state index contributed by atoms with van der Waals surface area (Å²) >= 11 is 3.53. The topological polar surface area (TPSA) is 9.23 Å².